The fourth-order valence-corrected chi connectivity index (χ4v) is 1.18. The molecule has 1 rings (SSSR count). The highest BCUT2D eigenvalue weighted by Crippen LogP contribution is 2.20. The van der Waals surface area contributed by atoms with Gasteiger partial charge in [-0.3, -0.25) is 0 Å². The van der Waals surface area contributed by atoms with Crippen LogP contribution in [0.2, 0.25) is 0 Å². The lowest BCUT2D eigenvalue weighted by Crippen LogP contribution is -2.55. The van der Waals surface area contributed by atoms with Crippen LogP contribution in [-0.2, 0) is 0 Å². The van der Waals surface area contributed by atoms with Crippen molar-refractivity contribution in [2.24, 2.45) is 0 Å². The van der Waals surface area contributed by atoms with Gasteiger partial charge >= 0.3 is 0 Å². The first-order valence-corrected chi connectivity index (χ1v) is 4.44. The summed E-state index contributed by atoms with van der Waals surface area (Å²) < 4.78 is 0. The second kappa shape index (κ2) is 5.51. The molecular formula is C8H18O5. The van der Waals surface area contributed by atoms with Crippen LogP contribution in [0.4, 0.5) is 0 Å². The van der Waals surface area contributed by atoms with Crippen molar-refractivity contribution in [2.45, 2.75) is 50.8 Å². The molecule has 0 bridgehead atoms. The molecule has 1 aliphatic carbocycles. The molecule has 0 aromatic heterocycles. The van der Waals surface area contributed by atoms with Crippen molar-refractivity contribution in [3.8, 4) is 0 Å². The molecule has 0 radical (unpaired) electrons. The lowest BCUT2D eigenvalue weighted by atomic mass is 9.87. The quantitative estimate of drug-likeness (QED) is 0.314. The summed E-state index contributed by atoms with van der Waals surface area (Å²) in [6.45, 7) is 4.00. The third-order valence-corrected chi connectivity index (χ3v) is 1.97. The van der Waals surface area contributed by atoms with Crippen molar-refractivity contribution >= 4 is 0 Å². The van der Waals surface area contributed by atoms with Crippen LogP contribution in [0.3, 0.4) is 0 Å². The van der Waals surface area contributed by atoms with Crippen LogP contribution in [0.5, 0.6) is 0 Å². The Bertz CT molecular complexity index is 126. The molecule has 5 heteroatoms. The Morgan fingerprint density at radius 3 is 1.31 bits per heavy atom. The molecule has 5 nitrogen and oxygen atoms in total. The van der Waals surface area contributed by atoms with E-state index in [0.29, 0.717) is 0 Å². The summed E-state index contributed by atoms with van der Waals surface area (Å²) >= 11 is 0. The monoisotopic (exact) mass is 194 g/mol. The van der Waals surface area contributed by atoms with Gasteiger partial charge in [0.2, 0.25) is 0 Å². The minimum absolute atomic E-state index is 0.112. The first-order chi connectivity index (χ1) is 6.04. The molecule has 80 valence electrons. The standard InChI is InChI=1S/C6H12O5.C2H6/c7-2-1-3(8)5(10)6(11)4(2)9;1-2/h2-11H,1H2;1-2H3/t2?,3?,4-,5?,6?;/m0./s1. The Kier molecular flexibility index (Phi) is 5.43. The lowest BCUT2D eigenvalue weighted by Gasteiger charge is -2.35. The SMILES string of the molecule is CC.OC1CC(O)[C@H](O)C(O)C1O. The summed E-state index contributed by atoms with van der Waals surface area (Å²) in [5.74, 6) is 0. The molecule has 0 saturated heterocycles. The molecule has 5 atom stereocenters. The second-order valence-electron chi connectivity index (χ2n) is 2.84. The predicted molar refractivity (Wildman–Crippen MR) is 46.0 cm³/mol. The minimum atomic E-state index is -1.46. The van der Waals surface area contributed by atoms with Crippen LogP contribution in [0.25, 0.3) is 0 Å². The van der Waals surface area contributed by atoms with E-state index >= 15 is 0 Å². The van der Waals surface area contributed by atoms with Gasteiger partial charge in [0.25, 0.3) is 0 Å². The Morgan fingerprint density at radius 2 is 1.00 bits per heavy atom. The van der Waals surface area contributed by atoms with E-state index < -0.39 is 30.5 Å². The molecule has 0 heterocycles. The maximum absolute atomic E-state index is 8.97. The fraction of sp³-hybridized carbons (Fsp3) is 1.00. The van der Waals surface area contributed by atoms with Crippen LogP contribution in [-0.4, -0.2) is 56.1 Å². The van der Waals surface area contributed by atoms with Gasteiger partial charge in [-0.25, -0.2) is 0 Å². The lowest BCUT2D eigenvalue weighted by molar-refractivity contribution is -0.176. The summed E-state index contributed by atoms with van der Waals surface area (Å²) in [5, 5.41) is 44.8. The molecule has 0 spiro atoms. The Morgan fingerprint density at radius 1 is 0.692 bits per heavy atom. The molecule has 1 fully saturated rings. The zero-order valence-corrected chi connectivity index (χ0v) is 7.83. The summed E-state index contributed by atoms with van der Waals surface area (Å²) in [5.41, 5.74) is 0. The van der Waals surface area contributed by atoms with E-state index in [-0.39, 0.29) is 6.42 Å². The maximum Gasteiger partial charge on any atom is 0.111 e. The molecule has 4 unspecified atom stereocenters. The van der Waals surface area contributed by atoms with Gasteiger partial charge in [-0.05, 0) is 0 Å². The second-order valence-corrected chi connectivity index (χ2v) is 2.84. The number of hydrogen-bond donors (Lipinski definition) is 5. The molecule has 1 saturated carbocycles. The van der Waals surface area contributed by atoms with E-state index in [0.717, 1.165) is 0 Å². The van der Waals surface area contributed by atoms with Gasteiger partial charge in [0.05, 0.1) is 12.2 Å². The molecule has 1 aliphatic rings. The van der Waals surface area contributed by atoms with Crippen LogP contribution >= 0.6 is 0 Å². The summed E-state index contributed by atoms with van der Waals surface area (Å²) in [6.07, 6.45) is -6.64. The van der Waals surface area contributed by atoms with Gasteiger partial charge in [0.1, 0.15) is 18.3 Å². The van der Waals surface area contributed by atoms with Crippen molar-refractivity contribution in [1.82, 2.24) is 0 Å². The van der Waals surface area contributed by atoms with Gasteiger partial charge in [-0.2, -0.15) is 0 Å². The zero-order valence-electron chi connectivity index (χ0n) is 7.83. The molecule has 5 N–H and O–H groups in total. The Balaban J connectivity index is 0.000000671. The minimum Gasteiger partial charge on any atom is -0.390 e. The van der Waals surface area contributed by atoms with E-state index in [2.05, 4.69) is 0 Å². The summed E-state index contributed by atoms with van der Waals surface area (Å²) in [4.78, 5) is 0. The van der Waals surface area contributed by atoms with Crippen LogP contribution in [0.15, 0.2) is 0 Å². The van der Waals surface area contributed by atoms with Crippen molar-refractivity contribution < 1.29 is 25.5 Å². The summed E-state index contributed by atoms with van der Waals surface area (Å²) in [7, 11) is 0. The molecule has 0 amide bonds. The van der Waals surface area contributed by atoms with Crippen LogP contribution in [0, 0.1) is 0 Å². The highest BCUT2D eigenvalue weighted by Gasteiger charge is 2.40. The first kappa shape index (κ1) is 12.8. The van der Waals surface area contributed by atoms with Gasteiger partial charge in [-0.15, -0.1) is 0 Å². The average molecular weight is 194 g/mol. The highest BCUT2D eigenvalue weighted by atomic mass is 16.4. The van der Waals surface area contributed by atoms with Crippen molar-refractivity contribution in [2.75, 3.05) is 0 Å². The molecule has 0 aliphatic heterocycles. The fourth-order valence-electron chi connectivity index (χ4n) is 1.18. The predicted octanol–water partition coefficient (Wildman–Crippen LogP) is -1.78. The van der Waals surface area contributed by atoms with Crippen molar-refractivity contribution in [3.63, 3.8) is 0 Å². The average Bonchev–Trinajstić information content (AvgIpc) is 2.15. The van der Waals surface area contributed by atoms with Crippen LogP contribution < -0.4 is 0 Å². The van der Waals surface area contributed by atoms with E-state index in [9.17, 15) is 0 Å². The van der Waals surface area contributed by atoms with E-state index in [1.54, 1.807) is 0 Å². The van der Waals surface area contributed by atoms with E-state index in [4.69, 9.17) is 25.5 Å². The van der Waals surface area contributed by atoms with Gasteiger partial charge in [-0.1, -0.05) is 13.8 Å². The largest absolute Gasteiger partial charge is 0.390 e. The first-order valence-electron chi connectivity index (χ1n) is 4.44. The number of rotatable bonds is 0. The van der Waals surface area contributed by atoms with Gasteiger partial charge in [0, 0.05) is 6.42 Å². The van der Waals surface area contributed by atoms with Gasteiger partial charge in [0.15, 0.2) is 0 Å². The van der Waals surface area contributed by atoms with E-state index in [1.165, 1.54) is 0 Å². The maximum atomic E-state index is 8.97. The molecule has 0 aromatic rings. The zero-order chi connectivity index (χ0) is 10.6. The van der Waals surface area contributed by atoms with Crippen molar-refractivity contribution in [1.29, 1.82) is 0 Å². The Labute approximate surface area is 77.3 Å². The van der Waals surface area contributed by atoms with E-state index in [1.807, 2.05) is 13.8 Å². The third-order valence-electron chi connectivity index (χ3n) is 1.97. The Hall–Kier alpha value is -0.200. The normalized spacial score (nSPS) is 45.0. The number of aliphatic hydroxyl groups excluding tert-OH is 5. The highest BCUT2D eigenvalue weighted by molar-refractivity contribution is 4.92. The smallest absolute Gasteiger partial charge is 0.111 e. The summed E-state index contributed by atoms with van der Waals surface area (Å²) in [6, 6.07) is 0. The third kappa shape index (κ3) is 2.89. The molecular weight excluding hydrogens is 176 g/mol. The number of hydrogen-bond acceptors (Lipinski definition) is 5. The number of aliphatic hydroxyl groups is 5. The topological polar surface area (TPSA) is 101 Å². The molecule has 13 heavy (non-hydrogen) atoms. The van der Waals surface area contributed by atoms with Gasteiger partial charge < -0.3 is 25.5 Å². The van der Waals surface area contributed by atoms with Crippen molar-refractivity contribution in [3.05, 3.63) is 0 Å². The van der Waals surface area contributed by atoms with Crippen LogP contribution in [0.1, 0.15) is 20.3 Å². The molecule has 0 aromatic carbocycles.